The van der Waals surface area contributed by atoms with Crippen molar-refractivity contribution in [1.82, 2.24) is 15.2 Å². The zero-order valence-electron chi connectivity index (χ0n) is 21.8. The first-order valence-electron chi connectivity index (χ1n) is 13.0. The Morgan fingerprint density at radius 3 is 2.40 bits per heavy atom. The third-order valence-corrected chi connectivity index (χ3v) is 8.08. The largest absolute Gasteiger partial charge is 0.334 e. The highest BCUT2D eigenvalue weighted by molar-refractivity contribution is 7.92. The standard InChI is InChI=1S/C30H30FN5O3S/c31-25-8-13-29(28(18-25)24-7-3-5-22(17-24)21-36-15-1-2-16-36)40(38,39)35-27-11-9-26(10-12-27)34-30(37)33-20-23-6-4-14-32-19-23/h3-14,17-19,35H,1-2,15-16,20-21H2,(H2,33,34,37). The van der Waals surface area contributed by atoms with Gasteiger partial charge < -0.3 is 10.6 Å². The number of nitrogens with one attached hydrogen (secondary N) is 3. The molecule has 1 aliphatic rings. The van der Waals surface area contributed by atoms with E-state index in [0.717, 1.165) is 36.8 Å². The Bertz CT molecular complexity index is 1570. The molecule has 1 aromatic heterocycles. The number of likely N-dealkylation sites (tertiary alicyclic amines) is 1. The Labute approximate surface area is 233 Å². The van der Waals surface area contributed by atoms with Gasteiger partial charge in [-0.15, -0.1) is 0 Å². The van der Waals surface area contributed by atoms with Crippen molar-refractivity contribution in [3.8, 4) is 11.1 Å². The highest BCUT2D eigenvalue weighted by Crippen LogP contribution is 2.31. The van der Waals surface area contributed by atoms with Crippen molar-refractivity contribution in [2.75, 3.05) is 23.1 Å². The molecule has 4 aromatic rings. The number of hydrogen-bond acceptors (Lipinski definition) is 5. The van der Waals surface area contributed by atoms with Crippen LogP contribution >= 0.6 is 0 Å². The van der Waals surface area contributed by atoms with Crippen molar-refractivity contribution in [2.45, 2.75) is 30.8 Å². The Morgan fingerprint density at radius 2 is 1.65 bits per heavy atom. The van der Waals surface area contributed by atoms with E-state index in [1.54, 1.807) is 48.8 Å². The summed E-state index contributed by atoms with van der Waals surface area (Å²) in [5.74, 6) is -0.517. The van der Waals surface area contributed by atoms with E-state index in [1.807, 2.05) is 24.3 Å². The first kappa shape index (κ1) is 27.3. The van der Waals surface area contributed by atoms with Crippen LogP contribution < -0.4 is 15.4 Å². The zero-order valence-corrected chi connectivity index (χ0v) is 22.6. The second kappa shape index (κ2) is 12.3. The lowest BCUT2D eigenvalue weighted by Gasteiger charge is -2.17. The summed E-state index contributed by atoms with van der Waals surface area (Å²) in [5, 5.41) is 5.45. The Balaban J connectivity index is 1.28. The van der Waals surface area contributed by atoms with Gasteiger partial charge in [-0.1, -0.05) is 24.3 Å². The second-order valence-electron chi connectivity index (χ2n) is 9.68. The molecule has 206 valence electrons. The average molecular weight is 560 g/mol. The monoisotopic (exact) mass is 559 g/mol. The molecule has 0 aliphatic carbocycles. The molecule has 5 rings (SSSR count). The Morgan fingerprint density at radius 1 is 0.900 bits per heavy atom. The van der Waals surface area contributed by atoms with Crippen molar-refractivity contribution >= 4 is 27.4 Å². The summed E-state index contributed by atoms with van der Waals surface area (Å²) in [6.07, 6.45) is 5.67. The van der Waals surface area contributed by atoms with Gasteiger partial charge in [0.15, 0.2) is 0 Å². The number of anilines is 2. The minimum absolute atomic E-state index is 0.0239. The minimum atomic E-state index is -4.05. The van der Waals surface area contributed by atoms with Gasteiger partial charge in [0.05, 0.1) is 4.90 Å². The minimum Gasteiger partial charge on any atom is -0.334 e. The number of urea groups is 1. The van der Waals surface area contributed by atoms with Gasteiger partial charge in [0, 0.05) is 42.4 Å². The topological polar surface area (TPSA) is 103 Å². The van der Waals surface area contributed by atoms with E-state index in [-0.39, 0.29) is 4.90 Å². The normalized spacial score (nSPS) is 13.6. The number of pyridine rings is 1. The molecule has 0 radical (unpaired) electrons. The molecule has 1 aliphatic heterocycles. The lowest BCUT2D eigenvalue weighted by Crippen LogP contribution is -2.28. The summed E-state index contributed by atoms with van der Waals surface area (Å²) >= 11 is 0. The summed E-state index contributed by atoms with van der Waals surface area (Å²) in [5.41, 5.74) is 3.63. The molecule has 1 saturated heterocycles. The number of aromatic nitrogens is 1. The van der Waals surface area contributed by atoms with Crippen molar-refractivity contribution in [2.24, 2.45) is 0 Å². The number of benzene rings is 3. The lowest BCUT2D eigenvalue weighted by molar-refractivity contribution is 0.251. The third-order valence-electron chi connectivity index (χ3n) is 6.64. The SMILES string of the molecule is O=C(NCc1cccnc1)Nc1ccc(NS(=O)(=O)c2ccc(F)cc2-c2cccc(CN3CCCC3)c2)cc1. The fraction of sp³-hybridized carbons (Fsp3) is 0.200. The Hall–Kier alpha value is -4.28. The molecule has 8 nitrogen and oxygen atoms in total. The van der Waals surface area contributed by atoms with E-state index in [4.69, 9.17) is 0 Å². The van der Waals surface area contributed by atoms with Gasteiger partial charge in [0.1, 0.15) is 5.82 Å². The van der Waals surface area contributed by atoms with Crippen LogP contribution in [-0.2, 0) is 23.1 Å². The molecular weight excluding hydrogens is 529 g/mol. The first-order valence-corrected chi connectivity index (χ1v) is 14.5. The van der Waals surface area contributed by atoms with Crippen molar-refractivity contribution in [3.63, 3.8) is 0 Å². The molecule has 0 spiro atoms. The number of carbonyl (C=O) groups is 1. The third kappa shape index (κ3) is 7.02. The van der Waals surface area contributed by atoms with Crippen LogP contribution in [0, 0.1) is 5.82 Å². The molecule has 2 amide bonds. The maximum Gasteiger partial charge on any atom is 0.319 e. The summed E-state index contributed by atoms with van der Waals surface area (Å²) in [6.45, 7) is 3.17. The van der Waals surface area contributed by atoms with E-state index in [2.05, 4.69) is 25.2 Å². The maximum atomic E-state index is 14.3. The van der Waals surface area contributed by atoms with Crippen molar-refractivity contribution < 1.29 is 17.6 Å². The van der Waals surface area contributed by atoms with Crippen LogP contribution in [0.4, 0.5) is 20.6 Å². The van der Waals surface area contributed by atoms with Gasteiger partial charge in [-0.25, -0.2) is 17.6 Å². The molecule has 0 saturated carbocycles. The predicted molar refractivity (Wildman–Crippen MR) is 154 cm³/mol. The fourth-order valence-corrected chi connectivity index (χ4v) is 5.96. The number of halogens is 1. The van der Waals surface area contributed by atoms with Crippen molar-refractivity contribution in [1.29, 1.82) is 0 Å². The summed E-state index contributed by atoms with van der Waals surface area (Å²) < 4.78 is 43.7. The van der Waals surface area contributed by atoms with Gasteiger partial charge in [-0.05, 0) is 97.2 Å². The highest BCUT2D eigenvalue weighted by Gasteiger charge is 2.21. The van der Waals surface area contributed by atoms with Crippen LogP contribution in [0.3, 0.4) is 0 Å². The van der Waals surface area contributed by atoms with E-state index < -0.39 is 21.9 Å². The quantitative estimate of drug-likeness (QED) is 0.248. The maximum absolute atomic E-state index is 14.3. The van der Waals surface area contributed by atoms with Gasteiger partial charge in [0.2, 0.25) is 0 Å². The molecule has 2 heterocycles. The smallest absolute Gasteiger partial charge is 0.319 e. The predicted octanol–water partition coefficient (Wildman–Crippen LogP) is 5.61. The molecular formula is C30H30FN5O3S. The number of nitrogens with zero attached hydrogens (tertiary/aromatic N) is 2. The van der Waals surface area contributed by atoms with E-state index in [9.17, 15) is 17.6 Å². The molecule has 3 N–H and O–H groups in total. The zero-order chi connectivity index (χ0) is 28.0. The van der Waals surface area contributed by atoms with Gasteiger partial charge in [0.25, 0.3) is 10.0 Å². The highest BCUT2D eigenvalue weighted by atomic mass is 32.2. The summed E-state index contributed by atoms with van der Waals surface area (Å²) in [4.78, 5) is 18.6. The molecule has 0 atom stereocenters. The van der Waals surface area contributed by atoms with Crippen LogP contribution in [0.2, 0.25) is 0 Å². The van der Waals surface area contributed by atoms with Crippen molar-refractivity contribution in [3.05, 3.63) is 108 Å². The van der Waals surface area contributed by atoms with E-state index in [0.29, 0.717) is 29.0 Å². The number of carbonyl (C=O) groups excluding carboxylic acids is 1. The first-order chi connectivity index (χ1) is 19.4. The summed E-state index contributed by atoms with van der Waals surface area (Å²) in [7, 11) is -4.05. The van der Waals surface area contributed by atoms with Crippen LogP contribution in [0.25, 0.3) is 11.1 Å². The van der Waals surface area contributed by atoms with Gasteiger partial charge in [-0.2, -0.15) is 0 Å². The number of hydrogen-bond donors (Lipinski definition) is 3. The molecule has 0 bridgehead atoms. The van der Waals surface area contributed by atoms with Crippen LogP contribution in [-0.4, -0.2) is 37.4 Å². The van der Waals surface area contributed by atoms with E-state index >= 15 is 0 Å². The molecule has 40 heavy (non-hydrogen) atoms. The molecule has 1 fully saturated rings. The molecule has 10 heteroatoms. The fourth-order valence-electron chi connectivity index (χ4n) is 4.69. The number of sulfonamides is 1. The van der Waals surface area contributed by atoms with Gasteiger partial charge >= 0.3 is 6.03 Å². The molecule has 0 unspecified atom stereocenters. The van der Waals surface area contributed by atoms with Crippen LogP contribution in [0.15, 0.2) is 96.2 Å². The van der Waals surface area contributed by atoms with Crippen LogP contribution in [0.1, 0.15) is 24.0 Å². The van der Waals surface area contributed by atoms with E-state index in [1.165, 1.54) is 25.0 Å². The van der Waals surface area contributed by atoms with Crippen LogP contribution in [0.5, 0.6) is 0 Å². The Kier molecular flexibility index (Phi) is 8.37. The van der Waals surface area contributed by atoms with Gasteiger partial charge in [-0.3, -0.25) is 14.6 Å². The molecule has 3 aromatic carbocycles. The lowest BCUT2D eigenvalue weighted by atomic mass is 10.0. The number of rotatable bonds is 9. The number of amides is 2. The second-order valence-corrected chi connectivity index (χ2v) is 11.3. The summed E-state index contributed by atoms with van der Waals surface area (Å²) in [6, 6.07) is 20.8. The average Bonchev–Trinajstić information content (AvgIpc) is 3.46.